The second-order valence-corrected chi connectivity index (χ2v) is 7.04. The van der Waals surface area contributed by atoms with Crippen LogP contribution in [0.4, 0.5) is 13.2 Å². The number of fused-ring (bicyclic) bond motifs is 1. The normalized spacial score (nSPS) is 14.2. The van der Waals surface area contributed by atoms with Gasteiger partial charge < -0.3 is 10.1 Å². The summed E-state index contributed by atoms with van der Waals surface area (Å²) in [4.78, 5) is 20.5. The molecule has 1 aliphatic carbocycles. The standard InChI is InChI=1S/C19H18F3N5O2/c1-11-6-12(7-24-18(11)29-10-19(20,21)22)8-27-9-14-15(26-27)4-5-23-16(14)17(28)25-13-2-3-13/h4-7,9,13H,2-3,8,10H2,1H3,(H,25,28). The zero-order chi connectivity index (χ0) is 20.6. The number of alkyl halides is 3. The van der Waals surface area contributed by atoms with E-state index < -0.39 is 12.8 Å². The van der Waals surface area contributed by atoms with E-state index in [2.05, 4.69) is 20.4 Å². The van der Waals surface area contributed by atoms with Gasteiger partial charge in [-0.2, -0.15) is 18.3 Å². The molecule has 0 atom stereocenters. The summed E-state index contributed by atoms with van der Waals surface area (Å²) in [6.07, 6.45) is 2.27. The zero-order valence-corrected chi connectivity index (χ0v) is 15.5. The minimum atomic E-state index is -4.42. The molecule has 7 nitrogen and oxygen atoms in total. The minimum absolute atomic E-state index is 0.0556. The van der Waals surface area contributed by atoms with Crippen LogP contribution < -0.4 is 10.1 Å². The molecule has 0 aromatic carbocycles. The van der Waals surface area contributed by atoms with E-state index in [1.54, 1.807) is 36.1 Å². The van der Waals surface area contributed by atoms with Crippen molar-refractivity contribution in [2.24, 2.45) is 0 Å². The average Bonchev–Trinajstić information content (AvgIpc) is 3.36. The lowest BCUT2D eigenvalue weighted by Gasteiger charge is -2.11. The molecular formula is C19H18F3N5O2. The lowest BCUT2D eigenvalue weighted by molar-refractivity contribution is -0.154. The number of carbonyl (C=O) groups is 1. The quantitative estimate of drug-likeness (QED) is 0.682. The van der Waals surface area contributed by atoms with Crippen molar-refractivity contribution < 1.29 is 22.7 Å². The first-order valence-electron chi connectivity index (χ1n) is 9.06. The number of nitrogens with one attached hydrogen (secondary N) is 1. The molecule has 0 unspecified atom stereocenters. The molecule has 3 aromatic rings. The molecule has 152 valence electrons. The number of amides is 1. The van der Waals surface area contributed by atoms with Crippen LogP contribution in [0.25, 0.3) is 10.9 Å². The fourth-order valence-corrected chi connectivity index (χ4v) is 2.93. The highest BCUT2D eigenvalue weighted by molar-refractivity contribution is 6.04. The predicted octanol–water partition coefficient (Wildman–Crippen LogP) is 3.02. The van der Waals surface area contributed by atoms with Gasteiger partial charge in [-0.15, -0.1) is 0 Å². The highest BCUT2D eigenvalue weighted by Crippen LogP contribution is 2.23. The Balaban J connectivity index is 1.52. The van der Waals surface area contributed by atoms with Crippen LogP contribution in [0.5, 0.6) is 5.88 Å². The van der Waals surface area contributed by atoms with Crippen molar-refractivity contribution in [3.8, 4) is 5.88 Å². The Labute approximate surface area is 163 Å². The Morgan fingerprint density at radius 3 is 2.83 bits per heavy atom. The van der Waals surface area contributed by atoms with Crippen LogP contribution in [0.1, 0.15) is 34.5 Å². The van der Waals surface area contributed by atoms with E-state index in [-0.39, 0.29) is 17.8 Å². The number of hydrogen-bond donors (Lipinski definition) is 1. The van der Waals surface area contributed by atoms with Crippen molar-refractivity contribution in [2.45, 2.75) is 38.5 Å². The van der Waals surface area contributed by atoms with Crippen LogP contribution in [-0.4, -0.2) is 44.5 Å². The number of aromatic nitrogens is 4. The van der Waals surface area contributed by atoms with Gasteiger partial charge in [-0.1, -0.05) is 0 Å². The van der Waals surface area contributed by atoms with Crippen LogP contribution in [-0.2, 0) is 6.54 Å². The maximum Gasteiger partial charge on any atom is 0.422 e. The molecule has 1 N–H and O–H groups in total. The Morgan fingerprint density at radius 2 is 2.14 bits per heavy atom. The largest absolute Gasteiger partial charge is 0.468 e. The average molecular weight is 405 g/mol. The summed E-state index contributed by atoms with van der Waals surface area (Å²) in [7, 11) is 0. The van der Waals surface area contributed by atoms with Gasteiger partial charge >= 0.3 is 6.18 Å². The van der Waals surface area contributed by atoms with E-state index in [1.807, 2.05) is 0 Å². The third-order valence-electron chi connectivity index (χ3n) is 4.41. The number of ether oxygens (including phenoxy) is 1. The van der Waals surface area contributed by atoms with E-state index in [1.165, 1.54) is 6.20 Å². The fourth-order valence-electron chi connectivity index (χ4n) is 2.93. The lowest BCUT2D eigenvalue weighted by atomic mass is 10.2. The van der Waals surface area contributed by atoms with Gasteiger partial charge in [0.1, 0.15) is 5.69 Å². The third-order valence-corrected chi connectivity index (χ3v) is 4.41. The summed E-state index contributed by atoms with van der Waals surface area (Å²) in [6.45, 7) is 0.585. The van der Waals surface area contributed by atoms with E-state index in [0.29, 0.717) is 28.7 Å². The molecule has 0 bridgehead atoms. The summed E-state index contributed by atoms with van der Waals surface area (Å²) in [5.41, 5.74) is 2.20. The summed E-state index contributed by atoms with van der Waals surface area (Å²) < 4.78 is 43.3. The molecule has 0 radical (unpaired) electrons. The summed E-state index contributed by atoms with van der Waals surface area (Å²) in [5.74, 6) is -0.277. The van der Waals surface area contributed by atoms with Gasteiger partial charge in [0, 0.05) is 30.2 Å². The third kappa shape index (κ3) is 4.64. The Kier molecular flexibility index (Phi) is 4.85. The first-order valence-corrected chi connectivity index (χ1v) is 9.06. The van der Waals surface area contributed by atoms with Crippen molar-refractivity contribution >= 4 is 16.8 Å². The van der Waals surface area contributed by atoms with Crippen LogP contribution in [0.15, 0.2) is 30.7 Å². The first kappa shape index (κ1) is 19.2. The number of hydrogen-bond acceptors (Lipinski definition) is 5. The molecular weight excluding hydrogens is 387 g/mol. The molecule has 0 saturated heterocycles. The number of nitrogens with zero attached hydrogens (tertiary/aromatic N) is 4. The maximum atomic E-state index is 12.4. The highest BCUT2D eigenvalue weighted by Gasteiger charge is 2.29. The van der Waals surface area contributed by atoms with Crippen molar-refractivity contribution in [1.29, 1.82) is 0 Å². The lowest BCUT2D eigenvalue weighted by Crippen LogP contribution is -2.26. The molecule has 0 aliphatic heterocycles. The van der Waals surface area contributed by atoms with Crippen molar-refractivity contribution in [2.75, 3.05) is 6.61 Å². The number of aryl methyl sites for hydroxylation is 1. The smallest absolute Gasteiger partial charge is 0.422 e. The molecule has 1 amide bonds. The molecule has 1 saturated carbocycles. The molecule has 1 fully saturated rings. The monoisotopic (exact) mass is 405 g/mol. The highest BCUT2D eigenvalue weighted by atomic mass is 19.4. The van der Waals surface area contributed by atoms with E-state index in [4.69, 9.17) is 4.74 Å². The predicted molar refractivity (Wildman–Crippen MR) is 97.6 cm³/mol. The Bertz CT molecular complexity index is 1060. The van der Waals surface area contributed by atoms with Crippen molar-refractivity contribution in [3.05, 3.63) is 47.5 Å². The van der Waals surface area contributed by atoms with Crippen molar-refractivity contribution in [3.63, 3.8) is 0 Å². The minimum Gasteiger partial charge on any atom is -0.468 e. The van der Waals surface area contributed by atoms with Crippen LogP contribution in [0, 0.1) is 6.92 Å². The molecule has 29 heavy (non-hydrogen) atoms. The summed E-state index contributed by atoms with van der Waals surface area (Å²) in [5, 5.41) is 8.01. The van der Waals surface area contributed by atoms with Gasteiger partial charge in [0.15, 0.2) is 6.61 Å². The summed E-state index contributed by atoms with van der Waals surface area (Å²) in [6, 6.07) is 3.64. The molecule has 10 heteroatoms. The van der Waals surface area contributed by atoms with Gasteiger partial charge in [0.2, 0.25) is 5.88 Å². The zero-order valence-electron chi connectivity index (χ0n) is 15.5. The second-order valence-electron chi connectivity index (χ2n) is 7.04. The van der Waals surface area contributed by atoms with Gasteiger partial charge in [-0.3, -0.25) is 14.5 Å². The van der Waals surface area contributed by atoms with Gasteiger partial charge in [0.25, 0.3) is 5.91 Å². The van der Waals surface area contributed by atoms with Crippen LogP contribution in [0.3, 0.4) is 0 Å². The van der Waals surface area contributed by atoms with Crippen LogP contribution in [0.2, 0.25) is 0 Å². The van der Waals surface area contributed by atoms with Gasteiger partial charge in [0.05, 0.1) is 17.4 Å². The van der Waals surface area contributed by atoms with Crippen molar-refractivity contribution in [1.82, 2.24) is 25.1 Å². The molecule has 0 spiro atoms. The Morgan fingerprint density at radius 1 is 1.34 bits per heavy atom. The maximum absolute atomic E-state index is 12.4. The number of halogens is 3. The van der Waals surface area contributed by atoms with Gasteiger partial charge in [-0.05, 0) is 37.5 Å². The van der Waals surface area contributed by atoms with E-state index >= 15 is 0 Å². The molecule has 1 aliphatic rings. The Hall–Kier alpha value is -3.17. The van der Waals surface area contributed by atoms with E-state index in [0.717, 1.165) is 18.4 Å². The topological polar surface area (TPSA) is 81.9 Å². The number of carbonyl (C=O) groups excluding carboxylic acids is 1. The molecule has 4 rings (SSSR count). The SMILES string of the molecule is Cc1cc(Cn2cc3c(C(=O)NC4CC4)nccc3n2)cnc1OCC(F)(F)F. The molecule has 3 heterocycles. The summed E-state index contributed by atoms with van der Waals surface area (Å²) >= 11 is 0. The number of pyridine rings is 2. The molecule has 3 aromatic heterocycles. The number of rotatable bonds is 6. The van der Waals surface area contributed by atoms with E-state index in [9.17, 15) is 18.0 Å². The second kappa shape index (κ2) is 7.34. The van der Waals surface area contributed by atoms with Crippen LogP contribution >= 0.6 is 0 Å². The van der Waals surface area contributed by atoms with Gasteiger partial charge in [-0.25, -0.2) is 4.98 Å². The fraction of sp³-hybridized carbons (Fsp3) is 0.368. The first-order chi connectivity index (χ1) is 13.8.